The fraction of sp³-hybridized carbons (Fsp3) is 0.400. The van der Waals surface area contributed by atoms with Crippen molar-refractivity contribution in [2.24, 2.45) is 5.92 Å². The number of rotatable bonds is 4. The average Bonchev–Trinajstić information content (AvgIpc) is 2.29. The highest BCUT2D eigenvalue weighted by Crippen LogP contribution is 2.27. The van der Waals surface area contributed by atoms with E-state index in [1.54, 1.807) is 0 Å². The fourth-order valence-corrected chi connectivity index (χ4v) is 2.27. The second-order valence-electron chi connectivity index (χ2n) is 4.81. The van der Waals surface area contributed by atoms with Gasteiger partial charge >= 0.3 is 0 Å². The molecule has 0 unspecified atom stereocenters. The molecule has 0 bridgehead atoms. The minimum Gasteiger partial charge on any atom is -0.494 e. The zero-order valence-electron chi connectivity index (χ0n) is 11.0. The van der Waals surface area contributed by atoms with Crippen molar-refractivity contribution in [3.8, 4) is 5.75 Å². The monoisotopic (exact) mass is 263 g/mol. The Hall–Kier alpha value is -1.28. The molecule has 2 nitrogen and oxygen atoms in total. The summed E-state index contributed by atoms with van der Waals surface area (Å²) in [5.74, 6) is 1.42. The van der Waals surface area contributed by atoms with Crippen LogP contribution in [0.25, 0.3) is 10.9 Å². The molecule has 1 heterocycles. The summed E-state index contributed by atoms with van der Waals surface area (Å²) in [5.41, 5.74) is 1.98. The molecule has 0 aliphatic carbocycles. The summed E-state index contributed by atoms with van der Waals surface area (Å²) in [5, 5.41) is 1.70. The maximum atomic E-state index is 6.32. The van der Waals surface area contributed by atoms with E-state index in [1.807, 2.05) is 31.2 Å². The predicted molar refractivity (Wildman–Crippen MR) is 76.5 cm³/mol. The first-order valence-electron chi connectivity index (χ1n) is 6.32. The average molecular weight is 264 g/mol. The van der Waals surface area contributed by atoms with Crippen molar-refractivity contribution in [1.29, 1.82) is 0 Å². The summed E-state index contributed by atoms with van der Waals surface area (Å²) in [6, 6.07) is 7.82. The molecule has 2 aromatic rings. The van der Waals surface area contributed by atoms with Crippen molar-refractivity contribution >= 4 is 22.5 Å². The van der Waals surface area contributed by atoms with Gasteiger partial charge in [0, 0.05) is 11.1 Å². The number of nitrogens with zero attached hydrogens (tertiary/aromatic N) is 1. The molecule has 0 amide bonds. The molecule has 0 spiro atoms. The van der Waals surface area contributed by atoms with E-state index in [-0.39, 0.29) is 0 Å². The van der Waals surface area contributed by atoms with Crippen molar-refractivity contribution in [2.75, 3.05) is 6.61 Å². The molecule has 0 aliphatic rings. The number of aromatic nitrogens is 1. The summed E-state index contributed by atoms with van der Waals surface area (Å²) in [6.45, 7) is 6.98. The molecular formula is C15H18ClNO. The van der Waals surface area contributed by atoms with E-state index in [2.05, 4.69) is 18.8 Å². The molecular weight excluding hydrogens is 246 g/mol. The standard InChI is InChI=1S/C15H18ClNO/c1-4-18-12-5-6-15-13(9-12)14(16)8-11(17-15)7-10(2)3/h5-6,8-10H,4,7H2,1-3H3. The van der Waals surface area contributed by atoms with Crippen molar-refractivity contribution in [3.05, 3.63) is 35.0 Å². The third-order valence-electron chi connectivity index (χ3n) is 2.71. The van der Waals surface area contributed by atoms with E-state index < -0.39 is 0 Å². The molecule has 0 radical (unpaired) electrons. The summed E-state index contributed by atoms with van der Waals surface area (Å²) in [7, 11) is 0. The Morgan fingerprint density at radius 1 is 1.28 bits per heavy atom. The first-order valence-corrected chi connectivity index (χ1v) is 6.70. The second kappa shape index (κ2) is 5.57. The lowest BCUT2D eigenvalue weighted by molar-refractivity contribution is 0.340. The number of halogens is 1. The largest absolute Gasteiger partial charge is 0.494 e. The molecule has 2 rings (SSSR count). The molecule has 0 saturated carbocycles. The van der Waals surface area contributed by atoms with Gasteiger partial charge in [-0.25, -0.2) is 0 Å². The van der Waals surface area contributed by atoms with Gasteiger partial charge in [0.15, 0.2) is 0 Å². The molecule has 1 aromatic carbocycles. The quantitative estimate of drug-likeness (QED) is 0.811. The normalized spacial score (nSPS) is 11.2. The third-order valence-corrected chi connectivity index (χ3v) is 3.02. The first kappa shape index (κ1) is 13.2. The number of hydrogen-bond donors (Lipinski definition) is 0. The van der Waals surface area contributed by atoms with Crippen LogP contribution in [-0.4, -0.2) is 11.6 Å². The SMILES string of the molecule is CCOc1ccc2nc(CC(C)C)cc(Cl)c2c1. The van der Waals surface area contributed by atoms with E-state index in [9.17, 15) is 0 Å². The van der Waals surface area contributed by atoms with Crippen LogP contribution in [-0.2, 0) is 6.42 Å². The Morgan fingerprint density at radius 3 is 2.72 bits per heavy atom. The zero-order valence-corrected chi connectivity index (χ0v) is 11.8. The fourth-order valence-electron chi connectivity index (χ4n) is 1.99. The van der Waals surface area contributed by atoms with E-state index in [0.717, 1.165) is 33.8 Å². The second-order valence-corrected chi connectivity index (χ2v) is 5.21. The van der Waals surface area contributed by atoms with Gasteiger partial charge in [0.05, 0.1) is 17.1 Å². The maximum Gasteiger partial charge on any atom is 0.120 e. The molecule has 18 heavy (non-hydrogen) atoms. The van der Waals surface area contributed by atoms with Crippen molar-refractivity contribution in [2.45, 2.75) is 27.2 Å². The lowest BCUT2D eigenvalue weighted by Gasteiger charge is -2.09. The topological polar surface area (TPSA) is 22.1 Å². The van der Waals surface area contributed by atoms with Gasteiger partial charge in [-0.1, -0.05) is 25.4 Å². The van der Waals surface area contributed by atoms with Crippen LogP contribution in [0.4, 0.5) is 0 Å². The number of pyridine rings is 1. The number of fused-ring (bicyclic) bond motifs is 1. The minimum absolute atomic E-state index is 0.578. The van der Waals surface area contributed by atoms with E-state index in [4.69, 9.17) is 16.3 Å². The van der Waals surface area contributed by atoms with Crippen molar-refractivity contribution < 1.29 is 4.74 Å². The van der Waals surface area contributed by atoms with Gasteiger partial charge in [-0.3, -0.25) is 4.98 Å². The van der Waals surface area contributed by atoms with Crippen molar-refractivity contribution in [1.82, 2.24) is 4.98 Å². The third kappa shape index (κ3) is 2.94. The first-order chi connectivity index (χ1) is 8.60. The molecule has 1 aromatic heterocycles. The minimum atomic E-state index is 0.578. The van der Waals surface area contributed by atoms with Gasteiger partial charge in [0.2, 0.25) is 0 Å². The van der Waals surface area contributed by atoms with E-state index in [1.165, 1.54) is 0 Å². The Bertz CT molecular complexity index is 551. The molecule has 0 saturated heterocycles. The highest BCUT2D eigenvalue weighted by Gasteiger charge is 2.07. The summed E-state index contributed by atoms with van der Waals surface area (Å²) < 4.78 is 5.48. The van der Waals surface area contributed by atoms with Gasteiger partial charge in [-0.05, 0) is 43.5 Å². The summed E-state index contributed by atoms with van der Waals surface area (Å²) >= 11 is 6.32. The van der Waals surface area contributed by atoms with Gasteiger partial charge in [-0.15, -0.1) is 0 Å². The maximum absolute atomic E-state index is 6.32. The Labute approximate surface area is 113 Å². The molecule has 0 N–H and O–H groups in total. The lowest BCUT2D eigenvalue weighted by atomic mass is 10.1. The molecule has 3 heteroatoms. The van der Waals surface area contributed by atoms with Crippen LogP contribution in [0.15, 0.2) is 24.3 Å². The molecule has 0 aliphatic heterocycles. The molecule has 0 fully saturated rings. The van der Waals surface area contributed by atoms with Crippen LogP contribution < -0.4 is 4.74 Å². The van der Waals surface area contributed by atoms with Crippen LogP contribution in [0.3, 0.4) is 0 Å². The van der Waals surface area contributed by atoms with Crippen LogP contribution in [0.5, 0.6) is 5.75 Å². The zero-order chi connectivity index (χ0) is 13.1. The Kier molecular flexibility index (Phi) is 4.07. The predicted octanol–water partition coefficient (Wildman–Crippen LogP) is 4.49. The van der Waals surface area contributed by atoms with Gasteiger partial charge < -0.3 is 4.74 Å². The smallest absolute Gasteiger partial charge is 0.120 e. The van der Waals surface area contributed by atoms with Crippen LogP contribution >= 0.6 is 11.6 Å². The van der Waals surface area contributed by atoms with Gasteiger partial charge in [0.1, 0.15) is 5.75 Å². The summed E-state index contributed by atoms with van der Waals surface area (Å²) in [4.78, 5) is 4.64. The van der Waals surface area contributed by atoms with E-state index in [0.29, 0.717) is 12.5 Å². The van der Waals surface area contributed by atoms with Crippen LogP contribution in [0.2, 0.25) is 5.02 Å². The van der Waals surface area contributed by atoms with E-state index >= 15 is 0 Å². The molecule has 0 atom stereocenters. The number of benzene rings is 1. The van der Waals surface area contributed by atoms with Gasteiger partial charge in [-0.2, -0.15) is 0 Å². The highest BCUT2D eigenvalue weighted by molar-refractivity contribution is 6.35. The number of hydrogen-bond acceptors (Lipinski definition) is 2. The van der Waals surface area contributed by atoms with Crippen LogP contribution in [0, 0.1) is 5.92 Å². The Balaban J connectivity index is 2.44. The number of ether oxygens (including phenoxy) is 1. The van der Waals surface area contributed by atoms with Crippen LogP contribution in [0.1, 0.15) is 26.5 Å². The Morgan fingerprint density at radius 2 is 2.06 bits per heavy atom. The van der Waals surface area contributed by atoms with Crippen molar-refractivity contribution in [3.63, 3.8) is 0 Å². The lowest BCUT2D eigenvalue weighted by Crippen LogP contribution is -1.98. The highest BCUT2D eigenvalue weighted by atomic mass is 35.5. The summed E-state index contributed by atoms with van der Waals surface area (Å²) in [6.07, 6.45) is 0.947. The molecule has 96 valence electrons. The van der Waals surface area contributed by atoms with Gasteiger partial charge in [0.25, 0.3) is 0 Å².